The van der Waals surface area contributed by atoms with Crippen molar-refractivity contribution in [3.05, 3.63) is 29.3 Å². The van der Waals surface area contributed by atoms with Gasteiger partial charge in [-0.1, -0.05) is 0 Å². The Morgan fingerprint density at radius 1 is 1.12 bits per heavy atom. The SMILES string of the molecule is C[C@H](C(=O)NN)n1nnc(-c2cc(C(F)(F)F)cc(C(F)(F)F)c2)n1. The smallest absolute Gasteiger partial charge is 0.292 e. The molecule has 1 aromatic heterocycles. The van der Waals surface area contributed by atoms with E-state index in [1.165, 1.54) is 6.92 Å². The van der Waals surface area contributed by atoms with Gasteiger partial charge in [0, 0.05) is 5.56 Å². The summed E-state index contributed by atoms with van der Waals surface area (Å²) in [4.78, 5) is 12.1. The van der Waals surface area contributed by atoms with E-state index in [1.54, 1.807) is 5.43 Å². The number of hydrogen-bond donors (Lipinski definition) is 2. The Bertz CT molecular complexity index is 751. The fourth-order valence-corrected chi connectivity index (χ4v) is 1.81. The molecule has 1 aromatic carbocycles. The summed E-state index contributed by atoms with van der Waals surface area (Å²) in [6.45, 7) is 1.31. The number of aromatic nitrogens is 4. The first-order chi connectivity index (χ1) is 11.4. The van der Waals surface area contributed by atoms with E-state index >= 15 is 0 Å². The predicted molar refractivity (Wildman–Crippen MR) is 70.3 cm³/mol. The van der Waals surface area contributed by atoms with Crippen LogP contribution in [-0.2, 0) is 17.1 Å². The second kappa shape index (κ2) is 6.31. The number of carbonyl (C=O) groups is 1. The quantitative estimate of drug-likeness (QED) is 0.373. The van der Waals surface area contributed by atoms with E-state index in [0.717, 1.165) is 0 Å². The molecule has 0 aliphatic heterocycles. The van der Waals surface area contributed by atoms with Gasteiger partial charge in [-0.05, 0) is 30.3 Å². The Morgan fingerprint density at radius 2 is 1.64 bits per heavy atom. The van der Waals surface area contributed by atoms with Gasteiger partial charge in [-0.15, -0.1) is 10.2 Å². The van der Waals surface area contributed by atoms with Crippen molar-refractivity contribution in [3.8, 4) is 11.4 Å². The van der Waals surface area contributed by atoms with Gasteiger partial charge < -0.3 is 0 Å². The number of carbonyl (C=O) groups excluding carboxylic acids is 1. The third-order valence-electron chi connectivity index (χ3n) is 3.14. The zero-order valence-electron chi connectivity index (χ0n) is 12.4. The molecule has 0 saturated carbocycles. The van der Waals surface area contributed by atoms with E-state index in [2.05, 4.69) is 15.4 Å². The van der Waals surface area contributed by atoms with E-state index in [0.29, 0.717) is 16.9 Å². The van der Waals surface area contributed by atoms with Crippen LogP contribution in [0.3, 0.4) is 0 Å². The van der Waals surface area contributed by atoms with Crippen LogP contribution < -0.4 is 11.3 Å². The van der Waals surface area contributed by atoms with Crippen LogP contribution in [0.1, 0.15) is 24.1 Å². The van der Waals surface area contributed by atoms with Crippen molar-refractivity contribution in [1.82, 2.24) is 25.6 Å². The largest absolute Gasteiger partial charge is 0.416 e. The van der Waals surface area contributed by atoms with Crippen LogP contribution in [0.4, 0.5) is 26.3 Å². The van der Waals surface area contributed by atoms with Gasteiger partial charge in [-0.2, -0.15) is 31.1 Å². The summed E-state index contributed by atoms with van der Waals surface area (Å²) in [6, 6.07) is -0.161. The molecule has 0 saturated heterocycles. The summed E-state index contributed by atoms with van der Waals surface area (Å²) >= 11 is 0. The van der Waals surface area contributed by atoms with Crippen molar-refractivity contribution >= 4 is 5.91 Å². The molecule has 25 heavy (non-hydrogen) atoms. The maximum Gasteiger partial charge on any atom is 0.416 e. The van der Waals surface area contributed by atoms with Gasteiger partial charge in [-0.3, -0.25) is 10.2 Å². The number of tetrazole rings is 1. The van der Waals surface area contributed by atoms with Crippen LogP contribution in [0.5, 0.6) is 0 Å². The van der Waals surface area contributed by atoms with Gasteiger partial charge in [-0.25, -0.2) is 5.84 Å². The lowest BCUT2D eigenvalue weighted by molar-refractivity contribution is -0.143. The lowest BCUT2D eigenvalue weighted by Gasteiger charge is -2.13. The van der Waals surface area contributed by atoms with Crippen LogP contribution >= 0.6 is 0 Å². The average molecular weight is 368 g/mol. The van der Waals surface area contributed by atoms with Gasteiger partial charge in [0.1, 0.15) is 0 Å². The Balaban J connectivity index is 2.52. The number of halogens is 6. The molecule has 0 unspecified atom stereocenters. The first-order valence-electron chi connectivity index (χ1n) is 6.53. The van der Waals surface area contributed by atoms with E-state index in [-0.39, 0.29) is 6.07 Å². The first kappa shape index (κ1) is 18.6. The monoisotopic (exact) mass is 368 g/mol. The molecule has 2 rings (SSSR count). The number of benzene rings is 1. The van der Waals surface area contributed by atoms with Gasteiger partial charge in [0.2, 0.25) is 5.82 Å². The zero-order valence-corrected chi connectivity index (χ0v) is 12.4. The number of hydrogen-bond acceptors (Lipinski definition) is 5. The fraction of sp³-hybridized carbons (Fsp3) is 0.333. The van der Waals surface area contributed by atoms with E-state index in [1.807, 2.05) is 0 Å². The summed E-state index contributed by atoms with van der Waals surface area (Å²) < 4.78 is 77.0. The number of amides is 1. The van der Waals surface area contributed by atoms with Crippen LogP contribution in [0.25, 0.3) is 11.4 Å². The Labute approximate surface area is 135 Å². The van der Waals surface area contributed by atoms with E-state index in [4.69, 9.17) is 5.84 Å². The number of nitrogens with two attached hydrogens (primary N) is 1. The normalized spacial score (nSPS) is 13.6. The van der Waals surface area contributed by atoms with Crippen molar-refractivity contribution in [1.29, 1.82) is 0 Å². The summed E-state index contributed by atoms with van der Waals surface area (Å²) in [6.07, 6.45) is -10.0. The molecule has 2 aromatic rings. The highest BCUT2D eigenvalue weighted by atomic mass is 19.4. The van der Waals surface area contributed by atoms with Crippen molar-refractivity contribution in [2.24, 2.45) is 5.84 Å². The van der Waals surface area contributed by atoms with Crippen LogP contribution in [0.2, 0.25) is 0 Å². The molecular formula is C12H10F6N6O. The van der Waals surface area contributed by atoms with Crippen LogP contribution in [0, 0.1) is 0 Å². The molecule has 1 amide bonds. The minimum absolute atomic E-state index is 0.0155. The van der Waals surface area contributed by atoms with Crippen molar-refractivity contribution < 1.29 is 31.1 Å². The number of alkyl halides is 6. The second-order valence-electron chi connectivity index (χ2n) is 4.91. The first-order valence-corrected chi connectivity index (χ1v) is 6.53. The Morgan fingerprint density at radius 3 is 2.08 bits per heavy atom. The Kier molecular flexibility index (Phi) is 4.70. The highest BCUT2D eigenvalue weighted by molar-refractivity contribution is 5.78. The van der Waals surface area contributed by atoms with Crippen LogP contribution in [0.15, 0.2) is 18.2 Å². The van der Waals surface area contributed by atoms with E-state index < -0.39 is 46.8 Å². The van der Waals surface area contributed by atoms with Crippen LogP contribution in [-0.4, -0.2) is 26.1 Å². The van der Waals surface area contributed by atoms with Crippen molar-refractivity contribution in [2.75, 3.05) is 0 Å². The number of nitrogens with zero attached hydrogens (tertiary/aromatic N) is 4. The number of nitrogens with one attached hydrogen (secondary N) is 1. The molecule has 0 radical (unpaired) electrons. The number of hydrazine groups is 1. The van der Waals surface area contributed by atoms with Crippen molar-refractivity contribution in [2.45, 2.75) is 25.3 Å². The summed E-state index contributed by atoms with van der Waals surface area (Å²) in [5.41, 5.74) is -1.77. The molecule has 0 fully saturated rings. The minimum Gasteiger partial charge on any atom is -0.292 e. The highest BCUT2D eigenvalue weighted by Gasteiger charge is 2.37. The third kappa shape index (κ3) is 4.04. The predicted octanol–water partition coefficient (Wildman–Crippen LogP) is 1.93. The van der Waals surface area contributed by atoms with Gasteiger partial charge in [0.25, 0.3) is 5.91 Å². The van der Waals surface area contributed by atoms with Crippen molar-refractivity contribution in [3.63, 3.8) is 0 Å². The molecule has 13 heteroatoms. The average Bonchev–Trinajstić information content (AvgIpc) is 3.01. The standard InChI is InChI=1S/C12H10F6N6O/c1-5(10(25)20-19)24-22-9(21-23-24)6-2-7(11(13,14)15)4-8(3-6)12(16,17)18/h2-5H,19H2,1H3,(H,20,25)/t5-/m1/s1. The molecule has 0 aliphatic rings. The number of rotatable bonds is 3. The molecule has 1 atom stereocenters. The molecule has 0 bridgehead atoms. The van der Waals surface area contributed by atoms with Gasteiger partial charge >= 0.3 is 12.4 Å². The third-order valence-corrected chi connectivity index (χ3v) is 3.14. The lowest BCUT2D eigenvalue weighted by Crippen LogP contribution is -2.36. The molecule has 1 heterocycles. The fourth-order valence-electron chi connectivity index (χ4n) is 1.81. The molecule has 0 spiro atoms. The molecule has 3 N–H and O–H groups in total. The Hall–Kier alpha value is -2.70. The second-order valence-corrected chi connectivity index (χ2v) is 4.91. The van der Waals surface area contributed by atoms with E-state index in [9.17, 15) is 31.1 Å². The maximum absolute atomic E-state index is 12.8. The molecular weight excluding hydrogens is 358 g/mol. The van der Waals surface area contributed by atoms with Gasteiger partial charge in [0.15, 0.2) is 6.04 Å². The lowest BCUT2D eigenvalue weighted by atomic mass is 10.0. The molecule has 0 aliphatic carbocycles. The highest BCUT2D eigenvalue weighted by Crippen LogP contribution is 2.37. The summed E-state index contributed by atoms with van der Waals surface area (Å²) in [7, 11) is 0. The zero-order chi connectivity index (χ0) is 19.0. The summed E-state index contributed by atoms with van der Waals surface area (Å²) in [5.74, 6) is 3.69. The summed E-state index contributed by atoms with van der Waals surface area (Å²) in [5, 5.41) is 10.5. The topological polar surface area (TPSA) is 98.7 Å². The molecule has 7 nitrogen and oxygen atoms in total. The van der Waals surface area contributed by atoms with Gasteiger partial charge in [0.05, 0.1) is 11.1 Å². The maximum atomic E-state index is 12.8. The minimum atomic E-state index is -5.00. The molecule has 136 valence electrons.